The summed E-state index contributed by atoms with van der Waals surface area (Å²) in [5.41, 5.74) is -1.14. The zero-order valence-corrected chi connectivity index (χ0v) is 11.7. The second kappa shape index (κ2) is 5.47. The van der Waals surface area contributed by atoms with E-state index >= 15 is 0 Å². The number of aromatic nitrogens is 2. The molecular weight excluding hydrogens is 295 g/mol. The van der Waals surface area contributed by atoms with Crippen LogP contribution in [0.2, 0.25) is 0 Å². The fourth-order valence-corrected chi connectivity index (χ4v) is 2.63. The number of carbonyl (C=O) groups excluding carboxylic acids is 1. The molecule has 0 spiro atoms. The molecule has 2 aromatic rings. The number of alkyl halides is 3. The van der Waals surface area contributed by atoms with E-state index in [1.165, 1.54) is 17.0 Å². The van der Waals surface area contributed by atoms with Gasteiger partial charge in [0.1, 0.15) is 0 Å². The Balaban J connectivity index is 2.08. The number of rotatable bonds is 2. The van der Waals surface area contributed by atoms with E-state index in [0.29, 0.717) is 13.1 Å². The van der Waals surface area contributed by atoms with Gasteiger partial charge in [0.2, 0.25) is 0 Å². The monoisotopic (exact) mass is 309 g/mol. The Morgan fingerprint density at radius 3 is 2.32 bits per heavy atom. The number of likely N-dealkylation sites (tertiary alicyclic amines) is 1. The Morgan fingerprint density at radius 1 is 1.09 bits per heavy atom. The lowest BCUT2D eigenvalue weighted by molar-refractivity contribution is -0.143. The lowest BCUT2D eigenvalue weighted by Crippen LogP contribution is -2.29. The smallest absolute Gasteiger partial charge is 0.339 e. The lowest BCUT2D eigenvalue weighted by Gasteiger charge is -2.17. The van der Waals surface area contributed by atoms with Crippen LogP contribution in [0.3, 0.4) is 0 Å². The van der Waals surface area contributed by atoms with Crippen LogP contribution >= 0.6 is 0 Å². The summed E-state index contributed by atoms with van der Waals surface area (Å²) in [4.78, 5) is 13.8. The van der Waals surface area contributed by atoms with Crippen LogP contribution in [-0.4, -0.2) is 33.7 Å². The highest BCUT2D eigenvalue weighted by Crippen LogP contribution is 2.34. The van der Waals surface area contributed by atoms with Crippen LogP contribution in [0, 0.1) is 0 Å². The van der Waals surface area contributed by atoms with Gasteiger partial charge in [0.05, 0.1) is 17.4 Å². The van der Waals surface area contributed by atoms with Gasteiger partial charge in [0, 0.05) is 13.1 Å². The highest BCUT2D eigenvalue weighted by atomic mass is 19.4. The minimum Gasteiger partial charge on any atom is -0.339 e. The fourth-order valence-electron chi connectivity index (χ4n) is 2.63. The highest BCUT2D eigenvalue weighted by Gasteiger charge is 2.41. The molecule has 0 unspecified atom stereocenters. The highest BCUT2D eigenvalue weighted by molar-refractivity contribution is 5.95. The summed E-state index contributed by atoms with van der Waals surface area (Å²) < 4.78 is 41.1. The average molecular weight is 309 g/mol. The van der Waals surface area contributed by atoms with Crippen LogP contribution in [0.4, 0.5) is 13.2 Å². The zero-order chi connectivity index (χ0) is 15.7. The maximum Gasteiger partial charge on any atom is 0.434 e. The Bertz CT molecular complexity index is 673. The molecule has 0 aliphatic carbocycles. The minimum atomic E-state index is -4.66. The fraction of sp³-hybridized carbons (Fsp3) is 0.333. The van der Waals surface area contributed by atoms with Crippen molar-refractivity contribution in [2.75, 3.05) is 13.1 Å². The molecule has 0 N–H and O–H groups in total. The van der Waals surface area contributed by atoms with Gasteiger partial charge >= 0.3 is 6.18 Å². The number of hydrogen-bond donors (Lipinski definition) is 0. The van der Waals surface area contributed by atoms with Gasteiger partial charge in [0.15, 0.2) is 5.69 Å². The average Bonchev–Trinajstić information content (AvgIpc) is 3.16. The molecule has 22 heavy (non-hydrogen) atoms. The second-order valence-corrected chi connectivity index (χ2v) is 5.15. The van der Waals surface area contributed by atoms with Crippen molar-refractivity contribution < 1.29 is 18.0 Å². The first-order chi connectivity index (χ1) is 10.5. The Morgan fingerprint density at radius 2 is 1.73 bits per heavy atom. The van der Waals surface area contributed by atoms with Gasteiger partial charge in [-0.25, -0.2) is 4.68 Å². The molecule has 1 aromatic heterocycles. The summed E-state index contributed by atoms with van der Waals surface area (Å²) in [6, 6.07) is 7.99. The van der Waals surface area contributed by atoms with Crippen LogP contribution in [0.15, 0.2) is 36.5 Å². The summed E-state index contributed by atoms with van der Waals surface area (Å²) in [6.07, 6.45) is -2.01. The first kappa shape index (κ1) is 14.6. The molecule has 0 radical (unpaired) electrons. The lowest BCUT2D eigenvalue weighted by atomic mass is 10.2. The number of halogens is 3. The van der Waals surface area contributed by atoms with Crippen LogP contribution in [-0.2, 0) is 6.18 Å². The first-order valence-electron chi connectivity index (χ1n) is 6.98. The molecule has 0 saturated carbocycles. The number of nitrogens with zero attached hydrogens (tertiary/aromatic N) is 3. The van der Waals surface area contributed by atoms with Crippen molar-refractivity contribution in [1.82, 2.24) is 14.7 Å². The van der Waals surface area contributed by atoms with Crippen molar-refractivity contribution in [3.63, 3.8) is 0 Å². The van der Waals surface area contributed by atoms with Crippen molar-refractivity contribution in [1.29, 1.82) is 0 Å². The van der Waals surface area contributed by atoms with Crippen molar-refractivity contribution in [2.45, 2.75) is 19.0 Å². The third-order valence-corrected chi connectivity index (χ3v) is 3.66. The van der Waals surface area contributed by atoms with Crippen LogP contribution in [0.1, 0.15) is 28.9 Å². The number of benzene rings is 1. The van der Waals surface area contributed by atoms with Gasteiger partial charge < -0.3 is 4.90 Å². The Labute approximate surface area is 125 Å². The topological polar surface area (TPSA) is 38.1 Å². The van der Waals surface area contributed by atoms with Gasteiger partial charge in [-0.1, -0.05) is 18.2 Å². The molecule has 4 nitrogen and oxygen atoms in total. The van der Waals surface area contributed by atoms with Crippen molar-refractivity contribution in [3.8, 4) is 5.69 Å². The van der Waals surface area contributed by atoms with E-state index in [1.807, 2.05) is 0 Å². The van der Waals surface area contributed by atoms with E-state index in [4.69, 9.17) is 0 Å². The molecule has 1 saturated heterocycles. The molecule has 1 aliphatic rings. The van der Waals surface area contributed by atoms with Crippen molar-refractivity contribution in [3.05, 3.63) is 47.8 Å². The predicted octanol–water partition coefficient (Wildman–Crippen LogP) is 3.13. The number of para-hydroxylation sites is 1. The van der Waals surface area contributed by atoms with Gasteiger partial charge in [-0.3, -0.25) is 4.79 Å². The molecule has 0 bridgehead atoms. The Kier molecular flexibility index (Phi) is 3.64. The number of carbonyl (C=O) groups is 1. The summed E-state index contributed by atoms with van der Waals surface area (Å²) in [7, 11) is 0. The van der Waals surface area contributed by atoms with E-state index in [9.17, 15) is 18.0 Å². The largest absolute Gasteiger partial charge is 0.434 e. The van der Waals surface area contributed by atoms with Gasteiger partial charge in [-0.05, 0) is 25.0 Å². The van der Waals surface area contributed by atoms with E-state index in [-0.39, 0.29) is 5.69 Å². The molecule has 1 aromatic carbocycles. The van der Waals surface area contributed by atoms with E-state index in [0.717, 1.165) is 23.7 Å². The van der Waals surface area contributed by atoms with Crippen LogP contribution < -0.4 is 0 Å². The molecular formula is C15H14F3N3O. The third kappa shape index (κ3) is 2.58. The summed E-state index contributed by atoms with van der Waals surface area (Å²) in [5, 5.41) is 3.79. The second-order valence-electron chi connectivity index (χ2n) is 5.15. The first-order valence-corrected chi connectivity index (χ1v) is 6.98. The Hall–Kier alpha value is -2.31. The summed E-state index contributed by atoms with van der Waals surface area (Å²) in [6.45, 7) is 0.985. The number of amides is 1. The standard InChI is InChI=1S/C15H14F3N3O/c16-15(17,18)13-12(14(22)20-8-4-5-9-20)10-19-21(13)11-6-2-1-3-7-11/h1-3,6-7,10H,4-5,8-9H2. The molecule has 1 aliphatic heterocycles. The zero-order valence-electron chi connectivity index (χ0n) is 11.7. The van der Waals surface area contributed by atoms with Gasteiger partial charge in [-0.15, -0.1) is 0 Å². The summed E-state index contributed by atoms with van der Waals surface area (Å²) in [5.74, 6) is -0.605. The molecule has 7 heteroatoms. The molecule has 1 amide bonds. The van der Waals surface area contributed by atoms with Crippen molar-refractivity contribution >= 4 is 5.91 Å². The normalized spacial score (nSPS) is 15.3. The SMILES string of the molecule is O=C(c1cnn(-c2ccccc2)c1C(F)(F)F)N1CCCC1. The molecule has 1 fully saturated rings. The number of hydrogen-bond acceptors (Lipinski definition) is 2. The van der Waals surface area contributed by atoms with Gasteiger partial charge in [0.25, 0.3) is 5.91 Å². The molecule has 0 atom stereocenters. The quantitative estimate of drug-likeness (QED) is 0.855. The molecule has 116 valence electrons. The third-order valence-electron chi connectivity index (χ3n) is 3.66. The maximum absolute atomic E-state index is 13.4. The minimum absolute atomic E-state index is 0.273. The van der Waals surface area contributed by atoms with Crippen molar-refractivity contribution in [2.24, 2.45) is 0 Å². The van der Waals surface area contributed by atoms with E-state index < -0.39 is 23.3 Å². The predicted molar refractivity (Wildman–Crippen MR) is 73.7 cm³/mol. The van der Waals surface area contributed by atoms with E-state index in [2.05, 4.69) is 5.10 Å². The maximum atomic E-state index is 13.4. The van der Waals surface area contributed by atoms with Crippen LogP contribution in [0.25, 0.3) is 5.69 Å². The van der Waals surface area contributed by atoms with Crippen LogP contribution in [0.5, 0.6) is 0 Å². The van der Waals surface area contributed by atoms with Gasteiger partial charge in [-0.2, -0.15) is 18.3 Å². The molecule has 3 rings (SSSR count). The molecule has 2 heterocycles. The summed E-state index contributed by atoms with van der Waals surface area (Å²) >= 11 is 0. The van der Waals surface area contributed by atoms with E-state index in [1.54, 1.807) is 18.2 Å².